The van der Waals surface area contributed by atoms with Crippen LogP contribution in [0.2, 0.25) is 0 Å². The molecule has 0 fully saturated rings. The van der Waals surface area contributed by atoms with Crippen LogP contribution in [0.15, 0.2) is 24.1 Å². The van der Waals surface area contributed by atoms with E-state index in [-0.39, 0.29) is 0 Å². The Balaban J connectivity index is 2.67. The van der Waals surface area contributed by atoms with Gasteiger partial charge in [0.15, 0.2) is 6.29 Å². The summed E-state index contributed by atoms with van der Waals surface area (Å²) in [6.45, 7) is 4.79. The van der Waals surface area contributed by atoms with E-state index in [1.807, 2.05) is 0 Å². The zero-order valence-electron chi connectivity index (χ0n) is 5.59. The van der Waals surface area contributed by atoms with E-state index in [0.717, 1.165) is 6.29 Å². The van der Waals surface area contributed by atoms with E-state index in [9.17, 15) is 4.79 Å². The smallest absolute Gasteiger partial charge is 0.166 e. The zero-order valence-corrected chi connectivity index (χ0v) is 5.59. The van der Waals surface area contributed by atoms with Crippen molar-refractivity contribution in [1.82, 2.24) is 5.32 Å². The third kappa shape index (κ3) is 1.62. The Hall–Kier alpha value is -1.25. The predicted octanol–water partition coefficient (Wildman–Crippen LogP) is 0.203. The van der Waals surface area contributed by atoms with Crippen molar-refractivity contribution < 1.29 is 9.53 Å². The maximum Gasteiger partial charge on any atom is 0.166 e. The molecule has 0 aliphatic carbocycles. The molecule has 0 spiro atoms. The average molecular weight is 139 g/mol. The highest BCUT2D eigenvalue weighted by Crippen LogP contribution is 2.01. The van der Waals surface area contributed by atoms with Gasteiger partial charge in [-0.3, -0.25) is 4.79 Å². The molecule has 10 heavy (non-hydrogen) atoms. The number of hydrogen-bond donors (Lipinski definition) is 1. The molecule has 0 saturated heterocycles. The number of ether oxygens (including phenoxy) is 1. The lowest BCUT2D eigenvalue weighted by molar-refractivity contribution is -0.105. The fourth-order valence-corrected chi connectivity index (χ4v) is 0.719. The van der Waals surface area contributed by atoms with Gasteiger partial charge in [-0.1, -0.05) is 6.58 Å². The van der Waals surface area contributed by atoms with Crippen LogP contribution >= 0.6 is 0 Å². The first-order chi connectivity index (χ1) is 4.83. The first kappa shape index (κ1) is 6.86. The van der Waals surface area contributed by atoms with E-state index < -0.39 is 0 Å². The Kier molecular flexibility index (Phi) is 2.10. The highest BCUT2D eigenvalue weighted by atomic mass is 16.5. The predicted molar refractivity (Wildman–Crippen MR) is 37.2 cm³/mol. The minimum Gasteiger partial charge on any atom is -0.492 e. The van der Waals surface area contributed by atoms with Gasteiger partial charge in [-0.05, 0) is 0 Å². The molecule has 0 bridgehead atoms. The Labute approximate surface area is 59.4 Å². The van der Waals surface area contributed by atoms with Gasteiger partial charge < -0.3 is 10.1 Å². The second kappa shape index (κ2) is 3.06. The maximum absolute atomic E-state index is 10.2. The number of hydrogen-bond acceptors (Lipinski definition) is 3. The molecular weight excluding hydrogens is 130 g/mol. The van der Waals surface area contributed by atoms with Gasteiger partial charge in [-0.15, -0.1) is 0 Å². The van der Waals surface area contributed by atoms with Crippen molar-refractivity contribution in [3.63, 3.8) is 0 Å². The first-order valence-electron chi connectivity index (χ1n) is 3.05. The third-order valence-corrected chi connectivity index (χ3v) is 1.16. The van der Waals surface area contributed by atoms with Crippen LogP contribution in [0, 0.1) is 0 Å². The number of rotatable bonds is 1. The van der Waals surface area contributed by atoms with Gasteiger partial charge in [-0.25, -0.2) is 0 Å². The molecule has 0 saturated carbocycles. The molecule has 3 nitrogen and oxygen atoms in total. The van der Waals surface area contributed by atoms with Gasteiger partial charge in [0.2, 0.25) is 0 Å². The van der Waals surface area contributed by atoms with Crippen molar-refractivity contribution in [1.29, 1.82) is 0 Å². The number of nitrogens with one attached hydrogen (secondary N) is 1. The fourth-order valence-electron chi connectivity index (χ4n) is 0.719. The summed E-state index contributed by atoms with van der Waals surface area (Å²) in [6.07, 6.45) is 2.33. The minimum atomic E-state index is 0.530. The summed E-state index contributed by atoms with van der Waals surface area (Å²) < 4.78 is 5.04. The van der Waals surface area contributed by atoms with Crippen LogP contribution in [0.5, 0.6) is 0 Å². The van der Waals surface area contributed by atoms with Gasteiger partial charge in [-0.2, -0.15) is 0 Å². The zero-order chi connectivity index (χ0) is 7.40. The van der Waals surface area contributed by atoms with E-state index in [4.69, 9.17) is 4.74 Å². The van der Waals surface area contributed by atoms with Crippen molar-refractivity contribution in [3.8, 4) is 0 Å². The lowest BCUT2D eigenvalue weighted by Crippen LogP contribution is -2.16. The van der Waals surface area contributed by atoms with Crippen LogP contribution in [0.4, 0.5) is 0 Å². The topological polar surface area (TPSA) is 38.3 Å². The molecular formula is C7H9NO2. The van der Waals surface area contributed by atoms with Crippen molar-refractivity contribution in [3.05, 3.63) is 24.1 Å². The highest BCUT2D eigenvalue weighted by molar-refractivity contribution is 5.73. The second-order valence-electron chi connectivity index (χ2n) is 1.96. The first-order valence-corrected chi connectivity index (χ1v) is 3.05. The Bertz CT molecular complexity index is 184. The van der Waals surface area contributed by atoms with Gasteiger partial charge in [0.1, 0.15) is 12.4 Å². The summed E-state index contributed by atoms with van der Waals surface area (Å²) in [5, 5.41) is 2.87. The standard InChI is InChI=1S/C7H9NO2/c1-6-4-7(5-9)8-2-3-10-6/h4-5,8H,1-3H2. The molecule has 1 N–H and O–H groups in total. The normalized spacial score (nSPS) is 18.0. The molecule has 1 aliphatic rings. The van der Waals surface area contributed by atoms with Crippen molar-refractivity contribution >= 4 is 6.29 Å². The Morgan fingerprint density at radius 2 is 2.60 bits per heavy atom. The molecule has 0 aromatic carbocycles. The molecule has 0 aromatic heterocycles. The summed E-state index contributed by atoms with van der Waals surface area (Å²) in [4.78, 5) is 10.2. The SMILES string of the molecule is C=C1C=C(C=O)NCCO1. The van der Waals surface area contributed by atoms with E-state index in [0.29, 0.717) is 24.6 Å². The van der Waals surface area contributed by atoms with Crippen molar-refractivity contribution in [2.45, 2.75) is 0 Å². The lowest BCUT2D eigenvalue weighted by Gasteiger charge is -1.98. The Morgan fingerprint density at radius 3 is 3.30 bits per heavy atom. The molecule has 0 aromatic rings. The van der Waals surface area contributed by atoms with Gasteiger partial charge in [0, 0.05) is 12.6 Å². The molecule has 1 aliphatic heterocycles. The summed E-state index contributed by atoms with van der Waals surface area (Å²) in [5.74, 6) is 0.534. The third-order valence-electron chi connectivity index (χ3n) is 1.16. The number of carbonyl (C=O) groups is 1. The summed E-state index contributed by atoms with van der Waals surface area (Å²) in [7, 11) is 0. The lowest BCUT2D eigenvalue weighted by atomic mass is 10.4. The highest BCUT2D eigenvalue weighted by Gasteiger charge is 2.01. The fraction of sp³-hybridized carbons (Fsp3) is 0.286. The summed E-state index contributed by atoms with van der Waals surface area (Å²) >= 11 is 0. The van der Waals surface area contributed by atoms with Gasteiger partial charge >= 0.3 is 0 Å². The molecule has 0 unspecified atom stereocenters. The van der Waals surface area contributed by atoms with Crippen LogP contribution in [0.3, 0.4) is 0 Å². The van der Waals surface area contributed by atoms with Crippen LogP contribution < -0.4 is 5.32 Å². The monoisotopic (exact) mass is 139 g/mol. The van der Waals surface area contributed by atoms with E-state index in [1.165, 1.54) is 0 Å². The number of aldehydes is 1. The van der Waals surface area contributed by atoms with Gasteiger partial charge in [0.25, 0.3) is 0 Å². The Morgan fingerprint density at radius 1 is 1.80 bits per heavy atom. The average Bonchev–Trinajstić information content (AvgIpc) is 2.13. The molecule has 1 heterocycles. The summed E-state index contributed by atoms with van der Waals surface area (Å²) in [6, 6.07) is 0. The molecule has 54 valence electrons. The van der Waals surface area contributed by atoms with E-state index in [1.54, 1.807) is 6.08 Å². The molecule has 0 radical (unpaired) electrons. The number of carbonyl (C=O) groups excluding carboxylic acids is 1. The quantitative estimate of drug-likeness (QED) is 0.527. The van der Waals surface area contributed by atoms with Crippen LogP contribution in [-0.4, -0.2) is 19.4 Å². The molecule has 0 amide bonds. The maximum atomic E-state index is 10.2. The van der Waals surface area contributed by atoms with Gasteiger partial charge in [0.05, 0.1) is 5.70 Å². The van der Waals surface area contributed by atoms with Crippen molar-refractivity contribution in [2.75, 3.05) is 13.2 Å². The van der Waals surface area contributed by atoms with Crippen LogP contribution in [0.25, 0.3) is 0 Å². The van der Waals surface area contributed by atoms with E-state index in [2.05, 4.69) is 11.9 Å². The minimum absolute atomic E-state index is 0.530. The van der Waals surface area contributed by atoms with Crippen LogP contribution in [0.1, 0.15) is 0 Å². The number of allylic oxidation sites excluding steroid dienone is 2. The molecule has 0 atom stereocenters. The largest absolute Gasteiger partial charge is 0.492 e. The molecule has 1 rings (SSSR count). The summed E-state index contributed by atoms with van der Waals surface area (Å²) in [5.41, 5.74) is 0.530. The second-order valence-corrected chi connectivity index (χ2v) is 1.96. The van der Waals surface area contributed by atoms with E-state index >= 15 is 0 Å². The van der Waals surface area contributed by atoms with Crippen molar-refractivity contribution in [2.24, 2.45) is 0 Å². The van der Waals surface area contributed by atoms with Crippen LogP contribution in [-0.2, 0) is 9.53 Å². The molecule has 3 heteroatoms.